The number of methoxy groups -OCH3 is 2. The third-order valence-electron chi connectivity index (χ3n) is 4.65. The van der Waals surface area contributed by atoms with Gasteiger partial charge in [0.15, 0.2) is 11.5 Å². The van der Waals surface area contributed by atoms with Gasteiger partial charge in [0.2, 0.25) is 11.8 Å². The summed E-state index contributed by atoms with van der Waals surface area (Å²) in [7, 11) is 3.09. The Morgan fingerprint density at radius 2 is 1.93 bits per heavy atom. The summed E-state index contributed by atoms with van der Waals surface area (Å²) in [6.45, 7) is 2.33. The van der Waals surface area contributed by atoms with E-state index in [4.69, 9.17) is 9.47 Å². The maximum Gasteiger partial charge on any atom is 0.245 e. The Hall–Kier alpha value is -3.35. The van der Waals surface area contributed by atoms with Crippen LogP contribution in [0.15, 0.2) is 47.6 Å². The minimum atomic E-state index is -0.446. The van der Waals surface area contributed by atoms with Gasteiger partial charge in [0.1, 0.15) is 0 Å². The average Bonchev–Trinajstić information content (AvgIpc) is 3.10. The van der Waals surface area contributed by atoms with Crippen molar-refractivity contribution in [3.05, 3.63) is 53.6 Å². The second kappa shape index (κ2) is 8.56. The summed E-state index contributed by atoms with van der Waals surface area (Å²) in [6.07, 6.45) is 1.66. The van der Waals surface area contributed by atoms with Crippen molar-refractivity contribution >= 4 is 23.7 Å². The maximum atomic E-state index is 12.4. The molecule has 1 saturated heterocycles. The normalized spacial score (nSPS) is 16.5. The SMILES string of the molecule is COc1cccc(/C=N/NC(=O)[C@@H]2CC(=O)N(c3ccc(C)cc3)C2)c1OC. The first kappa shape index (κ1) is 19.4. The fourth-order valence-electron chi connectivity index (χ4n) is 3.13. The van der Waals surface area contributed by atoms with Crippen LogP contribution in [0.2, 0.25) is 0 Å². The molecule has 1 aliphatic rings. The number of amides is 2. The zero-order valence-corrected chi connectivity index (χ0v) is 16.1. The number of para-hydroxylation sites is 1. The number of nitrogens with one attached hydrogen (secondary N) is 1. The second-order valence-corrected chi connectivity index (χ2v) is 6.56. The number of nitrogens with zero attached hydrogens (tertiary/aromatic N) is 2. The Kier molecular flexibility index (Phi) is 5.93. The lowest BCUT2D eigenvalue weighted by atomic mass is 10.1. The highest BCUT2D eigenvalue weighted by Crippen LogP contribution is 2.29. The van der Waals surface area contributed by atoms with E-state index in [2.05, 4.69) is 10.5 Å². The molecule has 0 aromatic heterocycles. The number of ether oxygens (including phenoxy) is 2. The zero-order chi connectivity index (χ0) is 20.1. The van der Waals surface area contributed by atoms with Crippen molar-refractivity contribution in [3.63, 3.8) is 0 Å². The lowest BCUT2D eigenvalue weighted by Crippen LogP contribution is -2.30. The molecule has 7 heteroatoms. The summed E-state index contributed by atoms with van der Waals surface area (Å²) in [6, 6.07) is 13.1. The molecule has 0 saturated carbocycles. The van der Waals surface area contributed by atoms with Gasteiger partial charge in [-0.25, -0.2) is 5.43 Å². The predicted octanol–water partition coefficient (Wildman–Crippen LogP) is 2.52. The average molecular weight is 381 g/mol. The van der Waals surface area contributed by atoms with E-state index < -0.39 is 5.92 Å². The number of rotatable bonds is 6. The van der Waals surface area contributed by atoms with Crippen LogP contribution in [0, 0.1) is 12.8 Å². The topological polar surface area (TPSA) is 80.2 Å². The minimum absolute atomic E-state index is 0.0672. The number of anilines is 1. The number of hydrogen-bond acceptors (Lipinski definition) is 5. The molecule has 0 aliphatic carbocycles. The van der Waals surface area contributed by atoms with Crippen molar-refractivity contribution in [3.8, 4) is 11.5 Å². The van der Waals surface area contributed by atoms with Crippen LogP contribution in [0.3, 0.4) is 0 Å². The third-order valence-corrected chi connectivity index (χ3v) is 4.65. The Balaban J connectivity index is 1.64. The fourth-order valence-corrected chi connectivity index (χ4v) is 3.13. The largest absolute Gasteiger partial charge is 0.493 e. The zero-order valence-electron chi connectivity index (χ0n) is 16.1. The van der Waals surface area contributed by atoms with E-state index >= 15 is 0 Å². The first-order valence-corrected chi connectivity index (χ1v) is 8.94. The van der Waals surface area contributed by atoms with Gasteiger partial charge in [-0.2, -0.15) is 5.10 Å². The molecule has 2 aromatic carbocycles. The molecule has 7 nitrogen and oxygen atoms in total. The van der Waals surface area contributed by atoms with Crippen LogP contribution in [-0.4, -0.2) is 38.8 Å². The predicted molar refractivity (Wildman–Crippen MR) is 107 cm³/mol. The van der Waals surface area contributed by atoms with Crippen LogP contribution >= 0.6 is 0 Å². The molecule has 1 N–H and O–H groups in total. The summed E-state index contributed by atoms with van der Waals surface area (Å²) in [4.78, 5) is 26.4. The van der Waals surface area contributed by atoms with E-state index in [1.165, 1.54) is 13.3 Å². The molecule has 1 fully saturated rings. The highest BCUT2D eigenvalue weighted by molar-refractivity contribution is 6.00. The molecule has 0 unspecified atom stereocenters. The van der Waals surface area contributed by atoms with Crippen molar-refractivity contribution in [2.24, 2.45) is 11.0 Å². The van der Waals surface area contributed by atoms with E-state index in [1.54, 1.807) is 30.2 Å². The number of carbonyl (C=O) groups is 2. The molecular weight excluding hydrogens is 358 g/mol. The van der Waals surface area contributed by atoms with Crippen LogP contribution in [0.4, 0.5) is 5.69 Å². The van der Waals surface area contributed by atoms with Crippen LogP contribution in [0.1, 0.15) is 17.5 Å². The summed E-state index contributed by atoms with van der Waals surface area (Å²) in [5.74, 6) is 0.305. The molecule has 1 heterocycles. The van der Waals surface area contributed by atoms with Crippen molar-refractivity contribution in [1.29, 1.82) is 0 Å². The molecule has 1 aliphatic heterocycles. The maximum absolute atomic E-state index is 12.4. The van der Waals surface area contributed by atoms with E-state index in [1.807, 2.05) is 31.2 Å². The first-order chi connectivity index (χ1) is 13.5. The Labute approximate surface area is 163 Å². The van der Waals surface area contributed by atoms with Crippen molar-refractivity contribution in [2.45, 2.75) is 13.3 Å². The lowest BCUT2D eigenvalue weighted by Gasteiger charge is -2.16. The van der Waals surface area contributed by atoms with Gasteiger partial charge in [0.05, 0.1) is 26.4 Å². The van der Waals surface area contributed by atoms with Crippen molar-refractivity contribution in [1.82, 2.24) is 5.43 Å². The quantitative estimate of drug-likeness (QED) is 0.616. The van der Waals surface area contributed by atoms with Gasteiger partial charge >= 0.3 is 0 Å². The first-order valence-electron chi connectivity index (χ1n) is 8.94. The molecule has 1 atom stereocenters. The molecule has 3 rings (SSSR count). The molecule has 28 heavy (non-hydrogen) atoms. The Bertz CT molecular complexity index is 893. The Morgan fingerprint density at radius 1 is 1.18 bits per heavy atom. The van der Waals surface area contributed by atoms with Gasteiger partial charge in [-0.05, 0) is 31.2 Å². The van der Waals surface area contributed by atoms with Crippen LogP contribution in [-0.2, 0) is 9.59 Å². The third kappa shape index (κ3) is 4.14. The summed E-state index contributed by atoms with van der Waals surface area (Å²) < 4.78 is 10.6. The van der Waals surface area contributed by atoms with E-state index in [9.17, 15) is 9.59 Å². The van der Waals surface area contributed by atoms with Crippen LogP contribution < -0.4 is 19.8 Å². The smallest absolute Gasteiger partial charge is 0.245 e. The van der Waals surface area contributed by atoms with Crippen molar-refractivity contribution < 1.29 is 19.1 Å². The number of aryl methyl sites for hydroxylation is 1. The van der Waals surface area contributed by atoms with E-state index in [0.717, 1.165) is 11.3 Å². The highest BCUT2D eigenvalue weighted by atomic mass is 16.5. The summed E-state index contributed by atoms with van der Waals surface area (Å²) in [5.41, 5.74) is 5.11. The molecule has 0 bridgehead atoms. The molecule has 0 spiro atoms. The number of benzene rings is 2. The van der Waals surface area contributed by atoms with Crippen molar-refractivity contribution in [2.75, 3.05) is 25.7 Å². The molecule has 0 radical (unpaired) electrons. The van der Waals surface area contributed by atoms with Gasteiger partial charge in [0, 0.05) is 24.2 Å². The minimum Gasteiger partial charge on any atom is -0.493 e. The number of hydrogen-bond donors (Lipinski definition) is 1. The van der Waals surface area contributed by atoms with Gasteiger partial charge in [-0.3, -0.25) is 9.59 Å². The second-order valence-electron chi connectivity index (χ2n) is 6.56. The van der Waals surface area contributed by atoms with Gasteiger partial charge < -0.3 is 14.4 Å². The lowest BCUT2D eigenvalue weighted by molar-refractivity contribution is -0.126. The molecule has 2 amide bonds. The van der Waals surface area contributed by atoms with E-state index in [0.29, 0.717) is 23.6 Å². The number of carbonyl (C=O) groups excluding carboxylic acids is 2. The van der Waals surface area contributed by atoms with Crippen LogP contribution in [0.5, 0.6) is 11.5 Å². The molecular formula is C21H23N3O4. The van der Waals surface area contributed by atoms with Gasteiger partial charge in [-0.1, -0.05) is 23.8 Å². The van der Waals surface area contributed by atoms with Gasteiger partial charge in [-0.15, -0.1) is 0 Å². The molecule has 146 valence electrons. The Morgan fingerprint density at radius 3 is 2.61 bits per heavy atom. The number of hydrazone groups is 1. The fraction of sp³-hybridized carbons (Fsp3) is 0.286. The molecule has 2 aromatic rings. The van der Waals surface area contributed by atoms with E-state index in [-0.39, 0.29) is 18.2 Å². The summed E-state index contributed by atoms with van der Waals surface area (Å²) in [5, 5.41) is 4.01. The highest BCUT2D eigenvalue weighted by Gasteiger charge is 2.35. The monoisotopic (exact) mass is 381 g/mol. The summed E-state index contributed by atoms with van der Waals surface area (Å²) >= 11 is 0. The van der Waals surface area contributed by atoms with Crippen LogP contribution in [0.25, 0.3) is 0 Å². The van der Waals surface area contributed by atoms with Gasteiger partial charge in [0.25, 0.3) is 0 Å². The standard InChI is InChI=1S/C21H23N3O4/c1-14-7-9-17(10-8-14)24-13-16(11-19(24)25)21(26)23-22-12-15-5-4-6-18(27-2)20(15)28-3/h4-10,12,16H,11,13H2,1-3H3,(H,23,26)/b22-12+/t16-/m1/s1.